The van der Waals surface area contributed by atoms with Crippen LogP contribution in [-0.4, -0.2) is 65.4 Å². The van der Waals surface area contributed by atoms with Gasteiger partial charge in [0.1, 0.15) is 12.4 Å². The molecule has 0 radical (unpaired) electrons. The van der Waals surface area contributed by atoms with E-state index in [2.05, 4.69) is 26.3 Å². The fourth-order valence-corrected chi connectivity index (χ4v) is 3.40. The van der Waals surface area contributed by atoms with E-state index in [1.807, 2.05) is 0 Å². The molecule has 0 amide bonds. The van der Waals surface area contributed by atoms with Gasteiger partial charge >= 0.3 is 0 Å². The quantitative estimate of drug-likeness (QED) is 0.675. The topological polar surface area (TPSA) is 96.5 Å². The van der Waals surface area contributed by atoms with Crippen LogP contribution in [0.2, 0.25) is 0 Å². The molecule has 0 atom stereocenters. The van der Waals surface area contributed by atoms with Gasteiger partial charge < -0.3 is 25.8 Å². The number of aliphatic hydroxyl groups is 1. The van der Waals surface area contributed by atoms with E-state index in [0.29, 0.717) is 18.6 Å². The van der Waals surface area contributed by atoms with Crippen LogP contribution in [0.15, 0.2) is 6.07 Å². The van der Waals surface area contributed by atoms with Gasteiger partial charge in [-0.1, -0.05) is 0 Å². The number of aliphatic hydroxyl groups excluding tert-OH is 1. The third-order valence-corrected chi connectivity index (χ3v) is 4.95. The van der Waals surface area contributed by atoms with E-state index in [-0.39, 0.29) is 6.10 Å². The summed E-state index contributed by atoms with van der Waals surface area (Å²) in [6.07, 6.45) is 3.62. The normalized spacial score (nSPS) is 25.5. The summed E-state index contributed by atoms with van der Waals surface area (Å²) in [6.45, 7) is 4.15. The maximum Gasteiger partial charge on any atom is 0.156 e. The molecule has 1 saturated heterocycles. The number of piperidine rings is 1. The first-order valence-corrected chi connectivity index (χ1v) is 8.90. The van der Waals surface area contributed by atoms with Gasteiger partial charge in [-0.25, -0.2) is 9.97 Å². The maximum atomic E-state index is 9.56. The van der Waals surface area contributed by atoms with Crippen LogP contribution in [0.3, 0.4) is 0 Å². The van der Waals surface area contributed by atoms with E-state index in [0.717, 1.165) is 69.2 Å². The summed E-state index contributed by atoms with van der Waals surface area (Å²) in [5.41, 5.74) is 6.98. The first kappa shape index (κ1) is 17.5. The number of hydrogen-bond donors (Lipinski definition) is 3. The van der Waals surface area contributed by atoms with E-state index in [4.69, 9.17) is 10.5 Å². The number of likely N-dealkylation sites (tertiary alicyclic amines) is 1. The summed E-state index contributed by atoms with van der Waals surface area (Å²) in [6, 6.07) is 2.36. The lowest BCUT2D eigenvalue weighted by Gasteiger charge is -2.32. The molecule has 7 nitrogen and oxygen atoms in total. The molecule has 0 unspecified atom stereocenters. The van der Waals surface area contributed by atoms with Crippen molar-refractivity contribution in [1.82, 2.24) is 14.9 Å². The van der Waals surface area contributed by atoms with E-state index in [1.165, 1.54) is 0 Å². The second-order valence-electron chi connectivity index (χ2n) is 6.96. The molecular formula is C17H29N5O2. The number of ether oxygens (including phenoxy) is 1. The number of anilines is 1. The Hall–Kier alpha value is -1.28. The Morgan fingerprint density at radius 1 is 1.33 bits per heavy atom. The molecule has 1 aromatic heterocycles. The first-order chi connectivity index (χ1) is 11.6. The fraction of sp³-hybridized carbons (Fsp3) is 0.765. The van der Waals surface area contributed by atoms with Crippen molar-refractivity contribution in [2.45, 2.75) is 50.4 Å². The summed E-state index contributed by atoms with van der Waals surface area (Å²) in [7, 11) is 1.66. The van der Waals surface area contributed by atoms with Crippen LogP contribution < -0.4 is 11.1 Å². The minimum absolute atomic E-state index is 0.121. The number of nitrogens with zero attached hydrogens (tertiary/aromatic N) is 3. The molecule has 134 valence electrons. The van der Waals surface area contributed by atoms with Crippen molar-refractivity contribution in [2.24, 2.45) is 5.73 Å². The van der Waals surface area contributed by atoms with Crippen LogP contribution in [0.25, 0.3) is 0 Å². The van der Waals surface area contributed by atoms with Crippen molar-refractivity contribution >= 4 is 5.82 Å². The highest BCUT2D eigenvalue weighted by molar-refractivity contribution is 5.37. The highest BCUT2D eigenvalue weighted by atomic mass is 16.5. The molecule has 2 aliphatic rings. The smallest absolute Gasteiger partial charge is 0.156 e. The molecule has 0 aromatic carbocycles. The van der Waals surface area contributed by atoms with Crippen LogP contribution in [0.1, 0.15) is 43.1 Å². The summed E-state index contributed by atoms with van der Waals surface area (Å²) >= 11 is 0. The molecule has 7 heteroatoms. The Kier molecular flexibility index (Phi) is 5.99. The van der Waals surface area contributed by atoms with E-state index in [9.17, 15) is 5.11 Å². The van der Waals surface area contributed by atoms with Gasteiger partial charge in [0.05, 0.1) is 6.10 Å². The van der Waals surface area contributed by atoms with Gasteiger partial charge in [-0.2, -0.15) is 0 Å². The van der Waals surface area contributed by atoms with Crippen LogP contribution in [0.5, 0.6) is 0 Å². The summed E-state index contributed by atoms with van der Waals surface area (Å²) < 4.78 is 5.19. The highest BCUT2D eigenvalue weighted by Crippen LogP contribution is 2.35. The summed E-state index contributed by atoms with van der Waals surface area (Å²) in [5.74, 6) is 2.03. The number of aromatic nitrogens is 2. The zero-order valence-corrected chi connectivity index (χ0v) is 14.4. The first-order valence-electron chi connectivity index (χ1n) is 8.90. The predicted octanol–water partition coefficient (Wildman–Crippen LogP) is 0.696. The SMILES string of the molecule is COCc1nc(NCCN2CCC(O)CC2)cc(C2CC(N)C2)n1. The minimum Gasteiger partial charge on any atom is -0.393 e. The average Bonchev–Trinajstić information content (AvgIpc) is 2.54. The minimum atomic E-state index is -0.121. The standard InChI is InChI=1S/C17H29N5O2/c1-24-11-17-20-15(12-8-13(18)9-12)10-16(21-17)19-4-7-22-5-2-14(23)3-6-22/h10,12-14,23H,2-9,11,18H2,1H3,(H,19,20,21). The number of rotatable bonds is 7. The average molecular weight is 335 g/mol. The van der Waals surface area contributed by atoms with Crippen molar-refractivity contribution in [1.29, 1.82) is 0 Å². The Labute approximate surface area is 143 Å². The van der Waals surface area contributed by atoms with Crippen molar-refractivity contribution in [2.75, 3.05) is 38.6 Å². The molecule has 2 fully saturated rings. The molecule has 2 heterocycles. The molecule has 1 aliphatic heterocycles. The van der Waals surface area contributed by atoms with Gasteiger partial charge in [0.25, 0.3) is 0 Å². The number of nitrogens with two attached hydrogens (primary N) is 1. The van der Waals surface area contributed by atoms with E-state index < -0.39 is 0 Å². The van der Waals surface area contributed by atoms with Gasteiger partial charge in [-0.3, -0.25) is 0 Å². The zero-order valence-electron chi connectivity index (χ0n) is 14.4. The van der Waals surface area contributed by atoms with Gasteiger partial charge in [-0.15, -0.1) is 0 Å². The van der Waals surface area contributed by atoms with Crippen molar-refractivity contribution in [3.8, 4) is 0 Å². The molecule has 3 rings (SSSR count). The third-order valence-electron chi connectivity index (χ3n) is 4.95. The number of methoxy groups -OCH3 is 1. The van der Waals surface area contributed by atoms with Crippen LogP contribution >= 0.6 is 0 Å². The Morgan fingerprint density at radius 3 is 2.75 bits per heavy atom. The van der Waals surface area contributed by atoms with Gasteiger partial charge in [0.15, 0.2) is 5.82 Å². The van der Waals surface area contributed by atoms with Crippen LogP contribution in [-0.2, 0) is 11.3 Å². The fourth-order valence-electron chi connectivity index (χ4n) is 3.40. The number of nitrogens with one attached hydrogen (secondary N) is 1. The lowest BCUT2D eigenvalue weighted by molar-refractivity contribution is 0.0845. The molecule has 1 aromatic rings. The van der Waals surface area contributed by atoms with Crippen LogP contribution in [0, 0.1) is 0 Å². The van der Waals surface area contributed by atoms with E-state index in [1.54, 1.807) is 7.11 Å². The molecule has 24 heavy (non-hydrogen) atoms. The third kappa shape index (κ3) is 4.63. The van der Waals surface area contributed by atoms with Crippen molar-refractivity contribution < 1.29 is 9.84 Å². The van der Waals surface area contributed by atoms with Gasteiger partial charge in [0, 0.05) is 57.0 Å². The number of hydrogen-bond acceptors (Lipinski definition) is 7. The predicted molar refractivity (Wildman–Crippen MR) is 92.9 cm³/mol. The molecule has 0 bridgehead atoms. The van der Waals surface area contributed by atoms with E-state index >= 15 is 0 Å². The van der Waals surface area contributed by atoms with Crippen LogP contribution in [0.4, 0.5) is 5.82 Å². The molecule has 1 saturated carbocycles. The summed E-state index contributed by atoms with van der Waals surface area (Å²) in [4.78, 5) is 11.5. The second kappa shape index (κ2) is 8.20. The Balaban J connectivity index is 1.55. The summed E-state index contributed by atoms with van der Waals surface area (Å²) in [5, 5.41) is 13.0. The molecule has 4 N–H and O–H groups in total. The van der Waals surface area contributed by atoms with Gasteiger partial charge in [-0.05, 0) is 25.7 Å². The van der Waals surface area contributed by atoms with Crippen molar-refractivity contribution in [3.05, 3.63) is 17.6 Å². The lowest BCUT2D eigenvalue weighted by Crippen LogP contribution is -2.38. The van der Waals surface area contributed by atoms with Crippen molar-refractivity contribution in [3.63, 3.8) is 0 Å². The molecule has 1 aliphatic carbocycles. The lowest BCUT2D eigenvalue weighted by atomic mass is 9.78. The Bertz CT molecular complexity index is 528. The molecular weight excluding hydrogens is 306 g/mol. The zero-order chi connectivity index (χ0) is 16.9. The largest absolute Gasteiger partial charge is 0.393 e. The monoisotopic (exact) mass is 335 g/mol. The van der Waals surface area contributed by atoms with Gasteiger partial charge in [0.2, 0.25) is 0 Å². The maximum absolute atomic E-state index is 9.56. The molecule has 0 spiro atoms. The highest BCUT2D eigenvalue weighted by Gasteiger charge is 2.29. The Morgan fingerprint density at radius 2 is 2.08 bits per heavy atom. The second-order valence-corrected chi connectivity index (χ2v) is 6.96.